The first-order valence-electron chi connectivity index (χ1n) is 4.97. The molecule has 1 unspecified atom stereocenters. The van der Waals surface area contributed by atoms with Gasteiger partial charge in [0.15, 0.2) is 0 Å². The van der Waals surface area contributed by atoms with Crippen molar-refractivity contribution in [2.75, 3.05) is 11.8 Å². The Labute approximate surface area is 86.6 Å². The summed E-state index contributed by atoms with van der Waals surface area (Å²) in [6.07, 6.45) is 7.60. The Morgan fingerprint density at radius 3 is 2.17 bits per heavy atom. The summed E-state index contributed by atoms with van der Waals surface area (Å²) in [6, 6.07) is 0. The van der Waals surface area contributed by atoms with Crippen LogP contribution in [0.3, 0.4) is 0 Å². The van der Waals surface area contributed by atoms with Crippen molar-refractivity contribution in [2.45, 2.75) is 45.4 Å². The fraction of sp³-hybridized carbons (Fsp3) is 1.00. The Kier molecular flexibility index (Phi) is 10.1. The number of halogens is 2. The largest absolute Gasteiger partial charge is 0.127 e. The molecule has 0 aliphatic rings. The highest BCUT2D eigenvalue weighted by Crippen LogP contribution is 2.15. The molecule has 0 N–H and O–H groups in total. The van der Waals surface area contributed by atoms with Gasteiger partial charge in [0.1, 0.15) is 0 Å². The maximum Gasteiger partial charge on any atom is 0.0251 e. The van der Waals surface area contributed by atoms with E-state index in [0.717, 1.165) is 17.7 Å². The Morgan fingerprint density at radius 2 is 1.67 bits per heavy atom. The molecule has 0 amide bonds. The normalized spacial score (nSPS) is 13.2. The Bertz CT molecular complexity index is 79.9. The summed E-state index contributed by atoms with van der Waals surface area (Å²) in [5.41, 5.74) is 0. The molecule has 0 heterocycles. The van der Waals surface area contributed by atoms with Crippen molar-refractivity contribution in [3.8, 4) is 0 Å². The van der Waals surface area contributed by atoms with Gasteiger partial charge in [0.2, 0.25) is 0 Å². The Morgan fingerprint density at radius 1 is 1.00 bits per heavy atom. The van der Waals surface area contributed by atoms with Crippen LogP contribution in [-0.2, 0) is 0 Å². The molecule has 1 atom stereocenters. The van der Waals surface area contributed by atoms with Crippen LogP contribution in [0.2, 0.25) is 0 Å². The van der Waals surface area contributed by atoms with E-state index in [0.29, 0.717) is 0 Å². The predicted molar refractivity (Wildman–Crippen MR) is 58.3 cm³/mol. The average Bonchev–Trinajstić information content (AvgIpc) is 2.11. The van der Waals surface area contributed by atoms with Gasteiger partial charge in [-0.25, -0.2) is 0 Å². The summed E-state index contributed by atoms with van der Waals surface area (Å²) in [4.78, 5) is 0. The van der Waals surface area contributed by atoms with E-state index in [1.807, 2.05) is 0 Å². The zero-order chi connectivity index (χ0) is 9.23. The van der Waals surface area contributed by atoms with Crippen LogP contribution >= 0.6 is 23.2 Å². The molecule has 0 saturated carbocycles. The van der Waals surface area contributed by atoms with Crippen LogP contribution in [0.4, 0.5) is 0 Å². The van der Waals surface area contributed by atoms with Gasteiger partial charge in [0, 0.05) is 11.8 Å². The first kappa shape index (κ1) is 12.6. The molecule has 74 valence electrons. The summed E-state index contributed by atoms with van der Waals surface area (Å²) >= 11 is 11.4. The first-order chi connectivity index (χ1) is 5.85. The van der Waals surface area contributed by atoms with E-state index < -0.39 is 0 Å². The molecule has 0 nitrogen and oxygen atoms in total. The quantitative estimate of drug-likeness (QED) is 0.411. The van der Waals surface area contributed by atoms with Crippen LogP contribution in [0.15, 0.2) is 0 Å². The van der Waals surface area contributed by atoms with Crippen molar-refractivity contribution in [1.29, 1.82) is 0 Å². The molecule has 0 aliphatic carbocycles. The molecular weight excluding hydrogens is 191 g/mol. The third-order valence-electron chi connectivity index (χ3n) is 2.29. The molecule has 0 aromatic heterocycles. The molecule has 0 saturated heterocycles. The van der Waals surface area contributed by atoms with Gasteiger partial charge < -0.3 is 0 Å². The topological polar surface area (TPSA) is 0 Å². The lowest BCUT2D eigenvalue weighted by molar-refractivity contribution is 0.482. The van der Waals surface area contributed by atoms with Crippen molar-refractivity contribution in [3.05, 3.63) is 0 Å². The highest BCUT2D eigenvalue weighted by Gasteiger charge is 2.02. The number of hydrogen-bond acceptors (Lipinski definition) is 0. The molecule has 0 bridgehead atoms. The van der Waals surface area contributed by atoms with E-state index in [2.05, 4.69) is 6.92 Å². The number of rotatable bonds is 8. The molecule has 2 heteroatoms. The van der Waals surface area contributed by atoms with E-state index in [-0.39, 0.29) is 0 Å². The van der Waals surface area contributed by atoms with Crippen molar-refractivity contribution < 1.29 is 0 Å². The van der Waals surface area contributed by atoms with Gasteiger partial charge >= 0.3 is 0 Å². The maximum atomic E-state index is 5.79. The van der Waals surface area contributed by atoms with Crippen LogP contribution in [0.1, 0.15) is 45.4 Å². The molecular formula is C10H20Cl2. The molecule has 0 spiro atoms. The maximum absolute atomic E-state index is 5.79. The highest BCUT2D eigenvalue weighted by molar-refractivity contribution is 6.18. The predicted octanol–water partition coefficient (Wildman–Crippen LogP) is 4.44. The Balaban J connectivity index is 3.06. The zero-order valence-corrected chi connectivity index (χ0v) is 9.50. The number of hydrogen-bond donors (Lipinski definition) is 0. The zero-order valence-electron chi connectivity index (χ0n) is 7.99. The van der Waals surface area contributed by atoms with Gasteiger partial charge in [-0.05, 0) is 18.8 Å². The second-order valence-electron chi connectivity index (χ2n) is 3.32. The molecule has 0 aliphatic heterocycles. The van der Waals surface area contributed by atoms with Gasteiger partial charge in [-0.15, -0.1) is 23.2 Å². The summed E-state index contributed by atoms with van der Waals surface area (Å²) in [5, 5.41) is 0. The number of alkyl halides is 2. The van der Waals surface area contributed by atoms with Gasteiger partial charge in [0.25, 0.3) is 0 Å². The summed E-state index contributed by atoms with van der Waals surface area (Å²) in [5.74, 6) is 2.38. The highest BCUT2D eigenvalue weighted by atomic mass is 35.5. The van der Waals surface area contributed by atoms with Crippen LogP contribution in [0.25, 0.3) is 0 Å². The fourth-order valence-electron chi connectivity index (χ4n) is 1.27. The van der Waals surface area contributed by atoms with Crippen molar-refractivity contribution in [1.82, 2.24) is 0 Å². The minimum Gasteiger partial charge on any atom is -0.127 e. The molecule has 0 fully saturated rings. The standard InChI is InChI=1S/C10H20Cl2/c1-2-10(9-12)7-5-3-4-6-8-11/h10H,2-9H2,1H3. The lowest BCUT2D eigenvalue weighted by atomic mass is 10.0. The third kappa shape index (κ3) is 7.24. The minimum absolute atomic E-state index is 0.739. The monoisotopic (exact) mass is 210 g/mol. The molecule has 0 radical (unpaired) electrons. The molecule has 0 rings (SSSR count). The lowest BCUT2D eigenvalue weighted by Gasteiger charge is -2.09. The third-order valence-corrected chi connectivity index (χ3v) is 3.00. The van der Waals surface area contributed by atoms with E-state index in [1.165, 1.54) is 38.5 Å². The summed E-state index contributed by atoms with van der Waals surface area (Å²) < 4.78 is 0. The van der Waals surface area contributed by atoms with Crippen LogP contribution in [0.5, 0.6) is 0 Å². The molecule has 0 aromatic rings. The van der Waals surface area contributed by atoms with Gasteiger partial charge in [0.05, 0.1) is 0 Å². The van der Waals surface area contributed by atoms with E-state index in [1.54, 1.807) is 0 Å². The van der Waals surface area contributed by atoms with Gasteiger partial charge in [-0.3, -0.25) is 0 Å². The second kappa shape index (κ2) is 9.67. The summed E-state index contributed by atoms with van der Waals surface area (Å²) in [6.45, 7) is 2.21. The van der Waals surface area contributed by atoms with E-state index in [9.17, 15) is 0 Å². The lowest BCUT2D eigenvalue weighted by Crippen LogP contribution is -1.99. The number of unbranched alkanes of at least 4 members (excludes halogenated alkanes) is 3. The average molecular weight is 211 g/mol. The van der Waals surface area contributed by atoms with Crippen LogP contribution in [0, 0.1) is 5.92 Å². The Hall–Kier alpha value is 0.580. The minimum atomic E-state index is 0.739. The fourth-order valence-corrected chi connectivity index (χ4v) is 1.83. The van der Waals surface area contributed by atoms with E-state index >= 15 is 0 Å². The van der Waals surface area contributed by atoms with Crippen molar-refractivity contribution in [3.63, 3.8) is 0 Å². The summed E-state index contributed by atoms with van der Waals surface area (Å²) in [7, 11) is 0. The van der Waals surface area contributed by atoms with Gasteiger partial charge in [-0.2, -0.15) is 0 Å². The SMILES string of the molecule is CCC(CCl)CCCCCCCl. The first-order valence-corrected chi connectivity index (χ1v) is 6.04. The molecule has 0 aromatic carbocycles. The van der Waals surface area contributed by atoms with E-state index in [4.69, 9.17) is 23.2 Å². The second-order valence-corrected chi connectivity index (χ2v) is 4.01. The van der Waals surface area contributed by atoms with Crippen LogP contribution < -0.4 is 0 Å². The van der Waals surface area contributed by atoms with Gasteiger partial charge in [-0.1, -0.05) is 32.6 Å². The smallest absolute Gasteiger partial charge is 0.0251 e. The molecule has 12 heavy (non-hydrogen) atoms. The van der Waals surface area contributed by atoms with Crippen molar-refractivity contribution >= 4 is 23.2 Å². The van der Waals surface area contributed by atoms with Crippen molar-refractivity contribution in [2.24, 2.45) is 5.92 Å². The van der Waals surface area contributed by atoms with Crippen LogP contribution in [-0.4, -0.2) is 11.8 Å².